The second-order valence-electron chi connectivity index (χ2n) is 8.50. The lowest BCUT2D eigenvalue weighted by Crippen LogP contribution is -2.38. The van der Waals surface area contributed by atoms with Gasteiger partial charge in [-0.3, -0.25) is 4.68 Å². The molecule has 31 heavy (non-hydrogen) atoms. The van der Waals surface area contributed by atoms with Crippen molar-refractivity contribution < 1.29 is 23.4 Å². The SMILES string of the molecule is OC(CN1CCCCC1)Cn1ccc(-c2ccc(OC(F)F)c(OC3CCCC3)c2)n1. The summed E-state index contributed by atoms with van der Waals surface area (Å²) in [5, 5.41) is 15.0. The summed E-state index contributed by atoms with van der Waals surface area (Å²) in [6.45, 7) is 0.233. The number of aliphatic hydroxyl groups is 1. The third-order valence-electron chi connectivity index (χ3n) is 6.01. The van der Waals surface area contributed by atoms with Crippen LogP contribution in [0.1, 0.15) is 44.9 Å². The Morgan fingerprint density at radius 2 is 1.77 bits per heavy atom. The average molecular weight is 436 g/mol. The normalized spacial score (nSPS) is 19.1. The molecule has 1 aliphatic heterocycles. The predicted octanol–water partition coefficient (Wildman–Crippen LogP) is 4.32. The summed E-state index contributed by atoms with van der Waals surface area (Å²) in [5.74, 6) is 0.367. The number of alkyl halides is 2. The minimum atomic E-state index is -2.91. The van der Waals surface area contributed by atoms with Crippen LogP contribution in [0.2, 0.25) is 0 Å². The second kappa shape index (κ2) is 10.4. The summed E-state index contributed by atoms with van der Waals surface area (Å²) >= 11 is 0. The van der Waals surface area contributed by atoms with Crippen LogP contribution < -0.4 is 9.47 Å². The van der Waals surface area contributed by atoms with Crippen LogP contribution in [0.5, 0.6) is 11.5 Å². The number of hydrogen-bond donors (Lipinski definition) is 1. The lowest BCUT2D eigenvalue weighted by Gasteiger charge is -2.28. The van der Waals surface area contributed by atoms with E-state index in [0.717, 1.165) is 44.3 Å². The fourth-order valence-corrected chi connectivity index (χ4v) is 4.47. The molecule has 1 saturated carbocycles. The van der Waals surface area contributed by atoms with E-state index >= 15 is 0 Å². The minimum absolute atomic E-state index is 0.0257. The van der Waals surface area contributed by atoms with Gasteiger partial charge < -0.3 is 19.5 Å². The van der Waals surface area contributed by atoms with Gasteiger partial charge in [0.1, 0.15) is 0 Å². The lowest BCUT2D eigenvalue weighted by atomic mass is 10.1. The Balaban J connectivity index is 1.44. The summed E-state index contributed by atoms with van der Waals surface area (Å²) in [4.78, 5) is 2.30. The summed E-state index contributed by atoms with van der Waals surface area (Å²) < 4.78 is 38.0. The number of hydrogen-bond acceptors (Lipinski definition) is 5. The number of nitrogens with zero attached hydrogens (tertiary/aromatic N) is 3. The summed E-state index contributed by atoms with van der Waals surface area (Å²) in [5.41, 5.74) is 1.46. The molecule has 1 atom stereocenters. The van der Waals surface area contributed by atoms with Crippen molar-refractivity contribution in [3.05, 3.63) is 30.5 Å². The smallest absolute Gasteiger partial charge is 0.387 e. The van der Waals surface area contributed by atoms with Gasteiger partial charge in [-0.25, -0.2) is 0 Å². The molecule has 0 radical (unpaired) electrons. The van der Waals surface area contributed by atoms with Gasteiger partial charge in [0.2, 0.25) is 0 Å². The first-order chi connectivity index (χ1) is 15.1. The highest BCUT2D eigenvalue weighted by Crippen LogP contribution is 2.36. The maximum absolute atomic E-state index is 12.8. The molecule has 6 nitrogen and oxygen atoms in total. The number of aromatic nitrogens is 2. The van der Waals surface area contributed by atoms with E-state index in [4.69, 9.17) is 4.74 Å². The molecule has 0 amide bonds. The maximum atomic E-state index is 12.8. The Kier molecular flexibility index (Phi) is 7.40. The van der Waals surface area contributed by atoms with Crippen molar-refractivity contribution in [2.24, 2.45) is 0 Å². The Morgan fingerprint density at radius 3 is 2.52 bits per heavy atom. The molecule has 170 valence electrons. The van der Waals surface area contributed by atoms with Crippen molar-refractivity contribution in [2.75, 3.05) is 19.6 Å². The molecule has 2 heterocycles. The fourth-order valence-electron chi connectivity index (χ4n) is 4.47. The van der Waals surface area contributed by atoms with Crippen LogP contribution in [0.25, 0.3) is 11.3 Å². The van der Waals surface area contributed by atoms with E-state index in [1.54, 1.807) is 16.8 Å². The molecule has 8 heteroatoms. The molecule has 0 bridgehead atoms. The number of likely N-dealkylation sites (tertiary alicyclic amines) is 1. The predicted molar refractivity (Wildman–Crippen MR) is 113 cm³/mol. The van der Waals surface area contributed by atoms with Crippen molar-refractivity contribution >= 4 is 0 Å². The number of β-amino-alcohol motifs (C(OH)–C–C–N with tert-alkyl or cyclic N) is 1. The zero-order valence-electron chi connectivity index (χ0n) is 17.8. The average Bonchev–Trinajstić information content (AvgIpc) is 3.42. The standard InChI is InChI=1S/C23H31F2N3O3/c24-23(25)31-21-9-8-17(14-22(21)30-19-6-2-3-7-19)20-10-13-28(26-20)16-18(29)15-27-11-4-1-5-12-27/h8-10,13-14,18-19,23,29H,1-7,11-12,15-16H2. The number of piperidine rings is 1. The number of aliphatic hydroxyl groups excluding tert-OH is 1. The van der Waals surface area contributed by atoms with Gasteiger partial charge >= 0.3 is 6.61 Å². The zero-order chi connectivity index (χ0) is 21.6. The Morgan fingerprint density at radius 1 is 1.00 bits per heavy atom. The summed E-state index contributed by atoms with van der Waals surface area (Å²) in [6.07, 6.45) is 9.01. The van der Waals surface area contributed by atoms with Crippen LogP contribution in [0.4, 0.5) is 8.78 Å². The van der Waals surface area contributed by atoms with E-state index in [9.17, 15) is 13.9 Å². The van der Waals surface area contributed by atoms with E-state index in [-0.39, 0.29) is 11.9 Å². The first kappa shape index (κ1) is 22.0. The first-order valence-corrected chi connectivity index (χ1v) is 11.3. The quantitative estimate of drug-likeness (QED) is 0.636. The van der Waals surface area contributed by atoms with Crippen molar-refractivity contribution in [1.29, 1.82) is 0 Å². The molecule has 2 aromatic rings. The highest BCUT2D eigenvalue weighted by Gasteiger charge is 2.21. The molecule has 1 N–H and O–H groups in total. The highest BCUT2D eigenvalue weighted by molar-refractivity contribution is 5.63. The fraction of sp³-hybridized carbons (Fsp3) is 0.609. The minimum Gasteiger partial charge on any atom is -0.487 e. The summed E-state index contributed by atoms with van der Waals surface area (Å²) in [7, 11) is 0. The number of halogens is 2. The van der Waals surface area contributed by atoms with Gasteiger partial charge in [0.05, 0.1) is 24.4 Å². The third kappa shape index (κ3) is 6.17. The van der Waals surface area contributed by atoms with E-state index in [1.165, 1.54) is 25.3 Å². The Labute approximate surface area is 181 Å². The van der Waals surface area contributed by atoms with Crippen LogP contribution >= 0.6 is 0 Å². The van der Waals surface area contributed by atoms with Gasteiger partial charge in [-0.15, -0.1) is 0 Å². The molecule has 1 aromatic carbocycles. The van der Waals surface area contributed by atoms with Crippen LogP contribution in [-0.2, 0) is 6.54 Å². The molecule has 0 spiro atoms. The molecular weight excluding hydrogens is 404 g/mol. The molecule has 2 aliphatic rings. The molecule has 1 unspecified atom stereocenters. The van der Waals surface area contributed by atoms with Crippen LogP contribution in [0, 0.1) is 0 Å². The second-order valence-corrected chi connectivity index (χ2v) is 8.50. The molecule has 1 aliphatic carbocycles. The first-order valence-electron chi connectivity index (χ1n) is 11.3. The number of rotatable bonds is 9. The Bertz CT molecular complexity index is 833. The molecular formula is C23H31F2N3O3. The van der Waals surface area contributed by atoms with Gasteiger partial charge in [-0.2, -0.15) is 13.9 Å². The third-order valence-corrected chi connectivity index (χ3v) is 6.01. The van der Waals surface area contributed by atoms with E-state index in [2.05, 4.69) is 14.7 Å². The van der Waals surface area contributed by atoms with Crippen LogP contribution in [0.15, 0.2) is 30.5 Å². The van der Waals surface area contributed by atoms with Crippen LogP contribution in [0.3, 0.4) is 0 Å². The molecule has 2 fully saturated rings. The highest BCUT2D eigenvalue weighted by atomic mass is 19.3. The molecule has 1 aromatic heterocycles. The van der Waals surface area contributed by atoms with E-state index in [1.807, 2.05) is 12.3 Å². The van der Waals surface area contributed by atoms with Crippen molar-refractivity contribution in [2.45, 2.75) is 70.3 Å². The largest absolute Gasteiger partial charge is 0.487 e. The van der Waals surface area contributed by atoms with E-state index < -0.39 is 12.7 Å². The van der Waals surface area contributed by atoms with Gasteiger partial charge in [-0.1, -0.05) is 6.42 Å². The van der Waals surface area contributed by atoms with E-state index in [0.29, 0.717) is 24.5 Å². The zero-order valence-corrected chi connectivity index (χ0v) is 17.8. The monoisotopic (exact) mass is 435 g/mol. The topological polar surface area (TPSA) is 59.8 Å². The summed E-state index contributed by atoms with van der Waals surface area (Å²) in [6, 6.07) is 6.79. The van der Waals surface area contributed by atoms with Gasteiger partial charge in [-0.05, 0) is 75.9 Å². The Hall–Kier alpha value is -2.19. The van der Waals surface area contributed by atoms with Gasteiger partial charge in [0.15, 0.2) is 11.5 Å². The van der Waals surface area contributed by atoms with Gasteiger partial charge in [0.25, 0.3) is 0 Å². The number of ether oxygens (including phenoxy) is 2. The lowest BCUT2D eigenvalue weighted by molar-refractivity contribution is -0.0520. The van der Waals surface area contributed by atoms with Crippen LogP contribution in [-0.4, -0.2) is 58.2 Å². The maximum Gasteiger partial charge on any atom is 0.387 e. The van der Waals surface area contributed by atoms with Gasteiger partial charge in [0, 0.05) is 18.3 Å². The van der Waals surface area contributed by atoms with Crippen molar-refractivity contribution in [1.82, 2.24) is 14.7 Å². The number of benzene rings is 1. The molecule has 4 rings (SSSR count). The van der Waals surface area contributed by atoms with Crippen molar-refractivity contribution in [3.8, 4) is 22.8 Å². The van der Waals surface area contributed by atoms with Crippen molar-refractivity contribution in [3.63, 3.8) is 0 Å². The molecule has 1 saturated heterocycles.